The smallest absolute Gasteiger partial charge is 0.252 e. The van der Waals surface area contributed by atoms with Crippen LogP contribution in [0.2, 0.25) is 0 Å². The van der Waals surface area contributed by atoms with Crippen LogP contribution < -0.4 is 67.7 Å². The van der Waals surface area contributed by atoms with E-state index in [9.17, 15) is 0 Å². The van der Waals surface area contributed by atoms with Crippen molar-refractivity contribution in [3.8, 4) is 28.5 Å². The van der Waals surface area contributed by atoms with Crippen LogP contribution in [0.15, 0.2) is 346 Å². The molecule has 100 heavy (non-hydrogen) atoms. The van der Waals surface area contributed by atoms with E-state index in [1.165, 1.54) is 57.7 Å². The monoisotopic (exact) mass is 1310 g/mol. The summed E-state index contributed by atoms with van der Waals surface area (Å²) in [6.45, 7) is 8.36. The van der Waals surface area contributed by atoms with Gasteiger partial charge in [0.05, 0.1) is 16.7 Å². The summed E-state index contributed by atoms with van der Waals surface area (Å²) in [7, 11) is -6.29. The number of aryl methyl sites for hydroxylation is 4. The van der Waals surface area contributed by atoms with Crippen LogP contribution in [0.25, 0.3) is 50.3 Å². The standard InChI is InChI=1S/C91H69BN6Si2/c1-62-52-63(2)55-66(54-62)89-93-90(67-56-64(3)53-65(4)57-67)95-91(94-89)98-84-49-28-25-46-80(84)92-81-51-50-77(100(73-37-17-8-18-38-73,74-39-19-9-20-40-74)75-41-21-10-22-42-75)61-85(81)96(86-59-69(60-87(98)88(86)92)97-82-47-26-23-44-78(82)79-45-24-27-48-83(79)97)68-30-29-43-76(58-68)99(70-31-11-5-12-32-70,71-33-13-6-14-34-71)72-35-15-7-16-36-72/h5-61H,1-4H3. The van der Waals surface area contributed by atoms with E-state index < -0.39 is 16.1 Å². The van der Waals surface area contributed by atoms with Crippen molar-refractivity contribution in [1.29, 1.82) is 0 Å². The minimum atomic E-state index is -3.16. The van der Waals surface area contributed by atoms with Crippen LogP contribution in [-0.2, 0) is 0 Å². The van der Waals surface area contributed by atoms with Crippen molar-refractivity contribution in [2.75, 3.05) is 9.80 Å². The maximum Gasteiger partial charge on any atom is 0.252 e. The van der Waals surface area contributed by atoms with Crippen LogP contribution in [0.3, 0.4) is 0 Å². The van der Waals surface area contributed by atoms with Crippen molar-refractivity contribution in [2.24, 2.45) is 0 Å². The van der Waals surface area contributed by atoms with Crippen LogP contribution >= 0.6 is 0 Å². The van der Waals surface area contributed by atoms with Gasteiger partial charge in [-0.1, -0.05) is 295 Å². The lowest BCUT2D eigenvalue weighted by Gasteiger charge is -2.45. The predicted octanol–water partition coefficient (Wildman–Crippen LogP) is 14.4. The second-order valence-electron chi connectivity index (χ2n) is 27.0. The molecule has 0 amide bonds. The summed E-state index contributed by atoms with van der Waals surface area (Å²) in [5.41, 5.74) is 18.4. The second kappa shape index (κ2) is 24.5. The Labute approximate surface area is 586 Å². The highest BCUT2D eigenvalue weighted by Gasteiger charge is 2.48. The molecule has 18 rings (SSSR count). The summed E-state index contributed by atoms with van der Waals surface area (Å²) in [6.07, 6.45) is 0. The Morgan fingerprint density at radius 3 is 1.11 bits per heavy atom. The first-order valence-electron chi connectivity index (χ1n) is 34.6. The molecule has 0 atom stereocenters. The van der Waals surface area contributed by atoms with Crippen molar-refractivity contribution in [1.82, 2.24) is 19.5 Å². The fourth-order valence-electron chi connectivity index (χ4n) is 16.9. The summed E-state index contributed by atoms with van der Waals surface area (Å²) in [5, 5.41) is 12.8. The van der Waals surface area contributed by atoms with Gasteiger partial charge in [0.15, 0.2) is 27.8 Å². The zero-order valence-electron chi connectivity index (χ0n) is 56.2. The molecule has 0 spiro atoms. The minimum absolute atomic E-state index is 0.250. The molecule has 14 aromatic carbocycles. The Kier molecular flexibility index (Phi) is 14.8. The summed E-state index contributed by atoms with van der Waals surface area (Å²) in [4.78, 5) is 21.9. The first-order chi connectivity index (χ1) is 49.2. The van der Waals surface area contributed by atoms with Crippen molar-refractivity contribution in [3.63, 3.8) is 0 Å². The summed E-state index contributed by atoms with van der Waals surface area (Å²) < 4.78 is 2.49. The molecule has 0 saturated heterocycles. The lowest BCUT2D eigenvalue weighted by molar-refractivity contribution is 1.02. The van der Waals surface area contributed by atoms with E-state index in [0.717, 1.165) is 89.5 Å². The van der Waals surface area contributed by atoms with Crippen LogP contribution in [0.4, 0.5) is 34.4 Å². The van der Waals surface area contributed by atoms with Gasteiger partial charge < -0.3 is 9.47 Å². The van der Waals surface area contributed by atoms with E-state index in [1.807, 2.05) is 0 Å². The SMILES string of the molecule is Cc1cc(C)cc(-c2nc(-c3cc(C)cc(C)c3)nc(N3c4ccccc4B4c5ccc([Si](c6ccccc6)(c6ccccc6)c6ccccc6)cc5N(c5cccc([Si](c6ccccc6)(c6ccccc6)c6ccccc6)c5)c5cc(-n6c7ccccc7c7ccccc76)cc3c54)n2)c1. The van der Waals surface area contributed by atoms with Crippen molar-refractivity contribution in [2.45, 2.75) is 27.7 Å². The van der Waals surface area contributed by atoms with E-state index in [0.29, 0.717) is 17.6 Å². The first-order valence-corrected chi connectivity index (χ1v) is 38.6. The summed E-state index contributed by atoms with van der Waals surface area (Å²) in [5.74, 6) is 1.76. The predicted molar refractivity (Wildman–Crippen MR) is 425 cm³/mol. The largest absolute Gasteiger partial charge is 0.311 e. The van der Waals surface area contributed by atoms with E-state index in [4.69, 9.17) is 15.0 Å². The highest BCUT2D eigenvalue weighted by atomic mass is 28.3. The fourth-order valence-corrected chi connectivity index (χ4v) is 26.5. The van der Waals surface area contributed by atoms with Crippen LogP contribution in [-0.4, -0.2) is 42.4 Å². The molecule has 4 heterocycles. The minimum Gasteiger partial charge on any atom is -0.311 e. The molecule has 0 bridgehead atoms. The zero-order valence-corrected chi connectivity index (χ0v) is 58.2. The molecular formula is C91H69BN6Si2. The third-order valence-electron chi connectivity index (χ3n) is 20.8. The van der Waals surface area contributed by atoms with E-state index >= 15 is 0 Å². The Hall–Kier alpha value is -12.0. The Morgan fingerprint density at radius 1 is 0.270 bits per heavy atom. The van der Waals surface area contributed by atoms with Gasteiger partial charge in [0.1, 0.15) is 0 Å². The molecule has 0 aliphatic carbocycles. The molecule has 2 aliphatic heterocycles. The van der Waals surface area contributed by atoms with Crippen LogP contribution in [0, 0.1) is 27.7 Å². The Balaban J connectivity index is 0.998. The quantitative estimate of drug-likeness (QED) is 0.0850. The second-order valence-corrected chi connectivity index (χ2v) is 34.6. The molecule has 6 nitrogen and oxygen atoms in total. The third kappa shape index (κ3) is 9.78. The normalized spacial score (nSPS) is 12.5. The van der Waals surface area contributed by atoms with Gasteiger partial charge in [-0.2, -0.15) is 9.97 Å². The molecule has 9 heteroatoms. The molecule has 2 aliphatic rings. The summed E-state index contributed by atoms with van der Waals surface area (Å²) in [6, 6.07) is 130. The molecule has 2 aromatic heterocycles. The zero-order chi connectivity index (χ0) is 67.1. The lowest BCUT2D eigenvalue weighted by Crippen LogP contribution is -2.75. The average Bonchev–Trinajstić information content (AvgIpc) is 0.794. The number of para-hydroxylation sites is 3. The van der Waals surface area contributed by atoms with Crippen molar-refractivity contribution in [3.05, 3.63) is 368 Å². The van der Waals surface area contributed by atoms with Gasteiger partial charge in [-0.15, -0.1) is 0 Å². The van der Waals surface area contributed by atoms with E-state index in [2.05, 4.69) is 388 Å². The summed E-state index contributed by atoms with van der Waals surface area (Å²) >= 11 is 0. The fraction of sp³-hybridized carbons (Fsp3) is 0.0440. The Morgan fingerprint density at radius 2 is 0.650 bits per heavy atom. The van der Waals surface area contributed by atoms with Crippen molar-refractivity contribution >= 4 is 137 Å². The number of nitrogens with zero attached hydrogens (tertiary/aromatic N) is 6. The van der Waals surface area contributed by atoms with Crippen LogP contribution in [0.1, 0.15) is 22.3 Å². The van der Waals surface area contributed by atoms with Gasteiger partial charge in [-0.25, -0.2) is 4.98 Å². The Bertz CT molecular complexity index is 5460. The van der Waals surface area contributed by atoms with E-state index in [1.54, 1.807) is 0 Å². The molecule has 16 aromatic rings. The van der Waals surface area contributed by atoms with Gasteiger partial charge in [-0.3, -0.25) is 4.90 Å². The molecule has 0 fully saturated rings. The third-order valence-corrected chi connectivity index (χ3v) is 30.3. The maximum absolute atomic E-state index is 5.73. The molecule has 0 saturated carbocycles. The van der Waals surface area contributed by atoms with Gasteiger partial charge in [-0.05, 0) is 158 Å². The van der Waals surface area contributed by atoms with Gasteiger partial charge in [0, 0.05) is 50.3 Å². The molecular weight excluding hydrogens is 1240 g/mol. The highest BCUT2D eigenvalue weighted by molar-refractivity contribution is 7.20. The number of aromatic nitrogens is 4. The number of benzene rings is 14. The number of anilines is 6. The average molecular weight is 1310 g/mol. The lowest BCUT2D eigenvalue weighted by atomic mass is 9.33. The van der Waals surface area contributed by atoms with Gasteiger partial charge >= 0.3 is 0 Å². The molecule has 0 radical (unpaired) electrons. The number of rotatable bonds is 13. The highest BCUT2D eigenvalue weighted by Crippen LogP contribution is 2.46. The number of hydrogen-bond acceptors (Lipinski definition) is 5. The van der Waals surface area contributed by atoms with Gasteiger partial charge in [0.25, 0.3) is 6.71 Å². The number of hydrogen-bond donors (Lipinski definition) is 0. The molecule has 0 N–H and O–H groups in total. The van der Waals surface area contributed by atoms with Gasteiger partial charge in [0.2, 0.25) is 5.95 Å². The topological polar surface area (TPSA) is 50.1 Å². The van der Waals surface area contributed by atoms with Crippen molar-refractivity contribution < 1.29 is 0 Å². The molecule has 474 valence electrons. The first kappa shape index (κ1) is 60.4. The van der Waals surface area contributed by atoms with E-state index in [-0.39, 0.29) is 6.71 Å². The van der Waals surface area contributed by atoms with Crippen LogP contribution in [0.5, 0.6) is 0 Å². The number of fused-ring (bicyclic) bond motifs is 7. The molecule has 0 unspecified atom stereocenters. The maximum atomic E-state index is 5.73.